The lowest BCUT2D eigenvalue weighted by atomic mass is 10.0. The van der Waals surface area contributed by atoms with E-state index in [0.717, 1.165) is 88.4 Å². The van der Waals surface area contributed by atoms with Crippen molar-refractivity contribution in [3.63, 3.8) is 0 Å². The summed E-state index contributed by atoms with van der Waals surface area (Å²) in [6.07, 6.45) is 5.91. The number of anilines is 1. The van der Waals surface area contributed by atoms with Gasteiger partial charge in [-0.1, -0.05) is 24.3 Å². The molecule has 3 aliphatic heterocycles. The number of nitrogens with two attached hydrogens (primary N) is 1. The SMILES string of the molecule is COc1ccc2c(c1)N(CCNC1CCN(C/C=C/c3cc(F)ccc3F)CC1)C(=O)CO2.NC1CCN(C/C=C/c2cc(F)ccc2F)CC1.O=C(O)C(F)(F)F. The molecule has 316 valence electrons. The summed E-state index contributed by atoms with van der Waals surface area (Å²) >= 11 is 0. The maximum absolute atomic E-state index is 13.7. The van der Waals surface area contributed by atoms with Crippen LogP contribution in [0.15, 0.2) is 66.7 Å². The summed E-state index contributed by atoms with van der Waals surface area (Å²) in [5, 5.41) is 10.7. The predicted octanol–water partition coefficient (Wildman–Crippen LogP) is 6.50. The van der Waals surface area contributed by atoms with E-state index >= 15 is 0 Å². The average molecular weight is 824 g/mol. The topological polar surface area (TPSA) is 121 Å². The molecule has 0 spiro atoms. The summed E-state index contributed by atoms with van der Waals surface area (Å²) in [5.74, 6) is -3.11. The van der Waals surface area contributed by atoms with Gasteiger partial charge in [-0.05, 0) is 100 Å². The zero-order valence-electron chi connectivity index (χ0n) is 32.0. The van der Waals surface area contributed by atoms with Crippen LogP contribution in [0.25, 0.3) is 12.2 Å². The number of carbonyl (C=O) groups is 2. The number of carboxylic acid groups (broad SMARTS) is 1. The molecule has 3 aromatic rings. The molecule has 0 unspecified atom stereocenters. The third kappa shape index (κ3) is 14.8. The number of ether oxygens (including phenoxy) is 2. The van der Waals surface area contributed by atoms with Crippen molar-refractivity contribution in [1.29, 1.82) is 0 Å². The molecule has 17 heteroatoms. The first-order valence-corrected chi connectivity index (χ1v) is 18.7. The van der Waals surface area contributed by atoms with E-state index in [0.29, 0.717) is 48.8 Å². The Labute approximate surface area is 332 Å². The van der Waals surface area contributed by atoms with Crippen LogP contribution in [0.3, 0.4) is 0 Å². The van der Waals surface area contributed by atoms with E-state index in [1.807, 2.05) is 30.4 Å². The zero-order valence-corrected chi connectivity index (χ0v) is 32.0. The highest BCUT2D eigenvalue weighted by atomic mass is 19.4. The largest absolute Gasteiger partial charge is 0.497 e. The highest BCUT2D eigenvalue weighted by molar-refractivity contribution is 5.98. The van der Waals surface area contributed by atoms with Crippen LogP contribution in [0.5, 0.6) is 11.5 Å². The van der Waals surface area contributed by atoms with Gasteiger partial charge in [0.2, 0.25) is 0 Å². The molecule has 2 saturated heterocycles. The smallest absolute Gasteiger partial charge is 0.490 e. The fourth-order valence-corrected chi connectivity index (χ4v) is 6.33. The predicted molar refractivity (Wildman–Crippen MR) is 206 cm³/mol. The molecule has 0 aliphatic carbocycles. The molecule has 3 aromatic carbocycles. The normalized spacial score (nSPS) is 17.0. The summed E-state index contributed by atoms with van der Waals surface area (Å²) < 4.78 is 95.8. The van der Waals surface area contributed by atoms with Crippen LogP contribution in [0, 0.1) is 23.3 Å². The summed E-state index contributed by atoms with van der Waals surface area (Å²) in [6.45, 7) is 6.52. The van der Waals surface area contributed by atoms with Gasteiger partial charge in [0.05, 0.1) is 12.8 Å². The molecule has 10 nitrogen and oxygen atoms in total. The molecule has 3 aliphatic rings. The molecule has 0 radical (unpaired) electrons. The van der Waals surface area contributed by atoms with Crippen molar-refractivity contribution < 1.29 is 54.9 Å². The zero-order chi connectivity index (χ0) is 42.2. The Morgan fingerprint density at radius 1 is 0.862 bits per heavy atom. The molecule has 0 aromatic heterocycles. The van der Waals surface area contributed by atoms with E-state index in [1.54, 1.807) is 24.2 Å². The second kappa shape index (κ2) is 22.3. The summed E-state index contributed by atoms with van der Waals surface area (Å²) in [4.78, 5) is 27.6. The molecular weight excluding hydrogens is 775 g/mol. The summed E-state index contributed by atoms with van der Waals surface area (Å²) in [6, 6.07) is 13.1. The monoisotopic (exact) mass is 823 g/mol. The van der Waals surface area contributed by atoms with E-state index in [4.69, 9.17) is 25.1 Å². The Kier molecular flexibility index (Phi) is 17.5. The van der Waals surface area contributed by atoms with E-state index in [1.165, 1.54) is 12.1 Å². The standard InChI is InChI=1S/C25H29F2N3O3.C14H18F2N2.C2HF3O2/c1-32-21-5-7-24-23(16-21)30(25(31)17-33-24)14-10-28-20-8-12-29(13-9-20)11-2-3-18-15-19(26)4-6-22(18)27;15-12-3-4-14(16)11(10-12)2-1-7-18-8-5-13(17)6-9-18;3-2(4,5)1(6)7/h2-7,15-16,20,28H,8-14,17H2,1H3;1-4,10,13H,5-9,17H2;(H,6,7)/b3-2+;2-1+;. The molecule has 6 rings (SSSR count). The number of hydrogen-bond donors (Lipinski definition) is 3. The van der Waals surface area contributed by atoms with Crippen LogP contribution in [-0.4, -0.2) is 111 Å². The number of amides is 1. The Balaban J connectivity index is 0.000000248. The van der Waals surface area contributed by atoms with Gasteiger partial charge in [-0.25, -0.2) is 22.4 Å². The second-order valence-corrected chi connectivity index (χ2v) is 13.8. The average Bonchev–Trinajstić information content (AvgIpc) is 3.19. The molecule has 0 saturated carbocycles. The van der Waals surface area contributed by atoms with Crippen molar-refractivity contribution in [2.45, 2.75) is 43.9 Å². The van der Waals surface area contributed by atoms with Crippen LogP contribution in [0.4, 0.5) is 36.4 Å². The number of halogens is 7. The van der Waals surface area contributed by atoms with Gasteiger partial charge < -0.3 is 30.5 Å². The molecule has 3 heterocycles. The Morgan fingerprint density at radius 3 is 1.88 bits per heavy atom. The summed E-state index contributed by atoms with van der Waals surface area (Å²) in [7, 11) is 1.60. The molecular formula is C41H48F7N5O5. The number of methoxy groups -OCH3 is 1. The minimum absolute atomic E-state index is 0.0464. The summed E-state index contributed by atoms with van der Waals surface area (Å²) in [5.41, 5.74) is 7.12. The van der Waals surface area contributed by atoms with Gasteiger partial charge in [0.25, 0.3) is 5.91 Å². The first-order chi connectivity index (χ1) is 27.6. The van der Waals surface area contributed by atoms with Crippen molar-refractivity contribution in [1.82, 2.24) is 15.1 Å². The van der Waals surface area contributed by atoms with Crippen molar-refractivity contribution >= 4 is 29.7 Å². The highest BCUT2D eigenvalue weighted by Crippen LogP contribution is 2.35. The van der Waals surface area contributed by atoms with Crippen LogP contribution in [0.1, 0.15) is 36.8 Å². The third-order valence-corrected chi connectivity index (χ3v) is 9.58. The maximum Gasteiger partial charge on any atom is 0.490 e. The number of nitrogens with one attached hydrogen (secondary N) is 1. The first kappa shape index (κ1) is 45.7. The lowest BCUT2D eigenvalue weighted by Crippen LogP contribution is -2.47. The van der Waals surface area contributed by atoms with Crippen LogP contribution >= 0.6 is 0 Å². The Morgan fingerprint density at radius 2 is 1.38 bits per heavy atom. The van der Waals surface area contributed by atoms with Gasteiger partial charge in [-0.2, -0.15) is 13.2 Å². The van der Waals surface area contributed by atoms with Crippen LogP contribution in [-0.2, 0) is 9.59 Å². The maximum atomic E-state index is 13.7. The van der Waals surface area contributed by atoms with Gasteiger partial charge >= 0.3 is 12.1 Å². The number of rotatable bonds is 11. The minimum atomic E-state index is -5.08. The van der Waals surface area contributed by atoms with Gasteiger partial charge in [0.1, 0.15) is 34.8 Å². The highest BCUT2D eigenvalue weighted by Gasteiger charge is 2.38. The van der Waals surface area contributed by atoms with Crippen molar-refractivity contribution in [3.05, 3.63) is 101 Å². The fraction of sp³-hybridized carbons (Fsp3) is 0.415. The van der Waals surface area contributed by atoms with E-state index in [-0.39, 0.29) is 18.1 Å². The van der Waals surface area contributed by atoms with Gasteiger partial charge in [-0.3, -0.25) is 14.6 Å². The quantitative estimate of drug-likeness (QED) is 0.186. The van der Waals surface area contributed by atoms with Crippen LogP contribution in [0.2, 0.25) is 0 Å². The molecule has 0 bridgehead atoms. The molecule has 58 heavy (non-hydrogen) atoms. The number of carbonyl (C=O) groups excluding carboxylic acids is 1. The fourth-order valence-electron chi connectivity index (χ4n) is 6.33. The number of nitrogens with zero attached hydrogens (tertiary/aromatic N) is 3. The van der Waals surface area contributed by atoms with E-state index < -0.39 is 35.4 Å². The lowest BCUT2D eigenvalue weighted by molar-refractivity contribution is -0.192. The second-order valence-electron chi connectivity index (χ2n) is 13.8. The molecule has 0 atom stereocenters. The molecule has 4 N–H and O–H groups in total. The Bertz CT molecular complexity index is 1860. The number of aliphatic carboxylic acids is 1. The molecule has 2 fully saturated rings. The number of fused-ring (bicyclic) bond motifs is 1. The number of likely N-dealkylation sites (tertiary alicyclic amines) is 2. The van der Waals surface area contributed by atoms with Crippen molar-refractivity contribution in [2.24, 2.45) is 5.73 Å². The Hall–Kier alpha value is -4.97. The lowest BCUT2D eigenvalue weighted by Gasteiger charge is -2.33. The molecule has 1 amide bonds. The number of carboxylic acids is 1. The number of hydrogen-bond acceptors (Lipinski definition) is 8. The number of piperidine rings is 2. The van der Waals surface area contributed by atoms with Gasteiger partial charge in [0, 0.05) is 55.5 Å². The van der Waals surface area contributed by atoms with Crippen molar-refractivity contribution in [3.8, 4) is 11.5 Å². The third-order valence-electron chi connectivity index (χ3n) is 9.58. The van der Waals surface area contributed by atoms with Gasteiger partial charge in [0.15, 0.2) is 6.61 Å². The van der Waals surface area contributed by atoms with E-state index in [2.05, 4.69) is 15.1 Å². The van der Waals surface area contributed by atoms with Crippen LogP contribution < -0.4 is 25.4 Å². The first-order valence-electron chi connectivity index (χ1n) is 18.7. The van der Waals surface area contributed by atoms with Gasteiger partial charge in [-0.15, -0.1) is 0 Å². The number of benzene rings is 3. The minimum Gasteiger partial charge on any atom is -0.497 e. The number of alkyl halides is 3. The van der Waals surface area contributed by atoms with E-state index in [9.17, 15) is 35.5 Å². The van der Waals surface area contributed by atoms with Crippen molar-refractivity contribution in [2.75, 3.05) is 71.0 Å².